The molecule has 1 aliphatic rings. The molecule has 10 heteroatoms. The monoisotopic (exact) mass is 668 g/mol. The van der Waals surface area contributed by atoms with Gasteiger partial charge in [0, 0.05) is 19.3 Å². The number of thioether (sulfide) groups is 1. The minimum absolute atomic E-state index is 0.0318. The van der Waals surface area contributed by atoms with E-state index in [0.717, 1.165) is 30.8 Å². The highest BCUT2D eigenvalue weighted by atomic mass is 32.2. The second kappa shape index (κ2) is 26.5. The van der Waals surface area contributed by atoms with E-state index in [4.69, 9.17) is 18.5 Å². The van der Waals surface area contributed by atoms with E-state index in [2.05, 4.69) is 28.7 Å². The normalized spacial score (nSPS) is 14.2. The Morgan fingerprint density at radius 2 is 1.47 bits per heavy atom. The smallest absolute Gasteiger partial charge is 0.407 e. The second-order valence-corrected chi connectivity index (χ2v) is 14.0. The van der Waals surface area contributed by atoms with Crippen molar-refractivity contribution in [1.29, 1.82) is 0 Å². The van der Waals surface area contributed by atoms with Gasteiger partial charge in [0.1, 0.15) is 18.5 Å². The number of alkyl carbamates (subject to hydrolysis) is 1. The van der Waals surface area contributed by atoms with Crippen molar-refractivity contribution in [2.24, 2.45) is 0 Å². The Kier molecular flexibility index (Phi) is 23.4. The molecule has 1 aromatic rings. The summed E-state index contributed by atoms with van der Waals surface area (Å²) in [7, 11) is -2.15. The number of ether oxygens (including phenoxy) is 2. The molecule has 1 heterocycles. The first-order chi connectivity index (χ1) is 22.0. The lowest BCUT2D eigenvalue weighted by Gasteiger charge is -2.21. The summed E-state index contributed by atoms with van der Waals surface area (Å²) < 4.78 is 22.3. The molecule has 2 rings (SSSR count). The van der Waals surface area contributed by atoms with Crippen LogP contribution in [0.3, 0.4) is 0 Å². The number of carbonyl (C=O) groups excluding carboxylic acids is 1. The van der Waals surface area contributed by atoms with Crippen molar-refractivity contribution in [2.45, 2.75) is 142 Å². The van der Waals surface area contributed by atoms with Crippen molar-refractivity contribution < 1.29 is 28.2 Å². The summed E-state index contributed by atoms with van der Waals surface area (Å²) >= 11 is 1.77. The van der Waals surface area contributed by atoms with E-state index in [9.17, 15) is 9.69 Å². The van der Waals surface area contributed by atoms with Gasteiger partial charge in [-0.05, 0) is 43.4 Å². The average molecular weight is 669 g/mol. The number of benzene rings is 1. The molecule has 0 bridgehead atoms. The molecule has 1 amide bonds. The minimum Gasteiger partial charge on any atom is -0.447 e. The Morgan fingerprint density at radius 3 is 2.00 bits per heavy atom. The molecule has 0 fully saturated rings. The lowest BCUT2D eigenvalue weighted by atomic mass is 10.0. The molecule has 8 nitrogen and oxygen atoms in total. The summed E-state index contributed by atoms with van der Waals surface area (Å²) in [5, 5.41) is 4.92. The molecule has 0 spiro atoms. The minimum atomic E-state index is -2.15. The van der Waals surface area contributed by atoms with Gasteiger partial charge >= 0.3 is 14.7 Å². The van der Waals surface area contributed by atoms with Crippen LogP contribution in [0.2, 0.25) is 0 Å². The summed E-state index contributed by atoms with van der Waals surface area (Å²) in [5.41, 5.74) is 1.16. The fraction of sp³-hybridized carbons (Fsp3) is 0.743. The van der Waals surface area contributed by atoms with Crippen molar-refractivity contribution in [1.82, 2.24) is 10.2 Å². The molecule has 1 aromatic carbocycles. The first-order valence-electron chi connectivity index (χ1n) is 17.4. The standard InChI is InChI=1S/C35H61N2O6PS/c1-4-5-6-7-8-9-10-11-12-13-14-15-16-17-18-19-24-36-35(38)40-28-34(42-31(2)3)29-41-44(39)43-33-22-20-32(21-23-33)27-37-25-26-45-30-37/h20-23,25-26,31,34,39H,4-19,24,27-30H2,1-3H3,(H,36,38). The maximum absolute atomic E-state index is 12.2. The van der Waals surface area contributed by atoms with Crippen LogP contribution in [-0.2, 0) is 20.5 Å². The van der Waals surface area contributed by atoms with Crippen molar-refractivity contribution in [2.75, 3.05) is 25.6 Å². The van der Waals surface area contributed by atoms with E-state index in [-0.39, 0.29) is 19.3 Å². The van der Waals surface area contributed by atoms with Crippen LogP contribution in [0.5, 0.6) is 5.75 Å². The molecule has 1 aliphatic heterocycles. The summed E-state index contributed by atoms with van der Waals surface area (Å²) in [5.74, 6) is 1.49. The van der Waals surface area contributed by atoms with Crippen molar-refractivity contribution in [3.8, 4) is 5.75 Å². The number of nitrogens with one attached hydrogen (secondary N) is 1. The maximum atomic E-state index is 12.2. The van der Waals surface area contributed by atoms with Gasteiger partial charge in [-0.1, -0.05) is 115 Å². The van der Waals surface area contributed by atoms with E-state index >= 15 is 0 Å². The highest BCUT2D eigenvalue weighted by molar-refractivity contribution is 8.02. The van der Waals surface area contributed by atoms with Gasteiger partial charge in [0.25, 0.3) is 0 Å². The average Bonchev–Trinajstić information content (AvgIpc) is 3.54. The third kappa shape index (κ3) is 21.8. The number of carbonyl (C=O) groups is 1. The molecule has 0 aromatic heterocycles. The van der Waals surface area contributed by atoms with Crippen LogP contribution in [0.4, 0.5) is 4.79 Å². The molecular formula is C35H61N2O6PS. The second-order valence-electron chi connectivity index (χ2n) is 12.2. The first kappa shape index (κ1) is 39.7. The van der Waals surface area contributed by atoms with Crippen LogP contribution in [0, 0.1) is 0 Å². The Labute approximate surface area is 279 Å². The first-order valence-corrected chi connectivity index (χ1v) is 19.6. The molecule has 258 valence electrons. The topological polar surface area (TPSA) is 89.5 Å². The highest BCUT2D eigenvalue weighted by Crippen LogP contribution is 2.35. The Hall–Kier alpha value is -1.51. The van der Waals surface area contributed by atoms with Gasteiger partial charge in [-0.3, -0.25) is 4.52 Å². The largest absolute Gasteiger partial charge is 0.447 e. The Bertz CT molecular complexity index is 891. The SMILES string of the molecule is CCCCCCCCCCCCCCCCCCNC(=O)OCC(COP(O)Oc1ccc(CN2C=CSC2)cc1)OC(C)C. The van der Waals surface area contributed by atoms with Crippen molar-refractivity contribution in [3.05, 3.63) is 41.4 Å². The van der Waals surface area contributed by atoms with Gasteiger partial charge in [-0.25, -0.2) is 4.79 Å². The number of hydrogen-bond acceptors (Lipinski definition) is 8. The van der Waals surface area contributed by atoms with Gasteiger partial charge in [-0.15, -0.1) is 11.8 Å². The number of unbranched alkanes of at least 4 members (excludes halogenated alkanes) is 15. The molecule has 0 aliphatic carbocycles. The fourth-order valence-electron chi connectivity index (χ4n) is 5.16. The van der Waals surface area contributed by atoms with Crippen LogP contribution < -0.4 is 9.84 Å². The highest BCUT2D eigenvalue weighted by Gasteiger charge is 2.19. The summed E-state index contributed by atoms with van der Waals surface area (Å²) in [6.07, 6.45) is 22.2. The van der Waals surface area contributed by atoms with E-state index in [1.165, 1.54) is 89.9 Å². The van der Waals surface area contributed by atoms with Crippen LogP contribution >= 0.6 is 20.4 Å². The van der Waals surface area contributed by atoms with E-state index in [0.29, 0.717) is 12.3 Å². The lowest BCUT2D eigenvalue weighted by molar-refractivity contribution is -0.0488. The molecular weight excluding hydrogens is 607 g/mol. The maximum Gasteiger partial charge on any atom is 0.407 e. The zero-order chi connectivity index (χ0) is 32.4. The summed E-state index contributed by atoms with van der Waals surface area (Å²) in [6, 6.07) is 7.61. The fourth-order valence-corrected chi connectivity index (χ4v) is 6.52. The van der Waals surface area contributed by atoms with Crippen LogP contribution in [-0.4, -0.2) is 53.7 Å². The lowest BCUT2D eigenvalue weighted by Crippen LogP contribution is -2.33. The molecule has 0 saturated heterocycles. The Balaban J connectivity index is 1.46. The van der Waals surface area contributed by atoms with Gasteiger partial charge in [0.05, 0.1) is 18.6 Å². The van der Waals surface area contributed by atoms with E-state index in [1.807, 2.05) is 38.1 Å². The van der Waals surface area contributed by atoms with Gasteiger partial charge in [-0.2, -0.15) is 0 Å². The van der Waals surface area contributed by atoms with Gasteiger partial charge in [0.15, 0.2) is 0 Å². The zero-order valence-corrected chi connectivity index (χ0v) is 30.0. The molecule has 2 unspecified atom stereocenters. The zero-order valence-electron chi connectivity index (χ0n) is 28.3. The summed E-state index contributed by atoms with van der Waals surface area (Å²) in [4.78, 5) is 24.7. The number of rotatable bonds is 28. The predicted octanol–water partition coefficient (Wildman–Crippen LogP) is 10.1. The quantitative estimate of drug-likeness (QED) is 0.0674. The Morgan fingerprint density at radius 1 is 0.889 bits per heavy atom. The van der Waals surface area contributed by atoms with Gasteiger partial charge in [0.2, 0.25) is 0 Å². The molecule has 2 atom stereocenters. The molecule has 2 N–H and O–H groups in total. The van der Waals surface area contributed by atoms with Crippen LogP contribution in [0.25, 0.3) is 0 Å². The third-order valence-corrected chi connectivity index (χ3v) is 9.17. The van der Waals surface area contributed by atoms with Crippen molar-refractivity contribution >= 4 is 26.5 Å². The number of hydrogen-bond donors (Lipinski definition) is 2. The summed E-state index contributed by atoms with van der Waals surface area (Å²) in [6.45, 7) is 7.59. The number of nitrogens with zero attached hydrogens (tertiary/aromatic N) is 1. The predicted molar refractivity (Wildman–Crippen MR) is 188 cm³/mol. The van der Waals surface area contributed by atoms with Crippen molar-refractivity contribution in [3.63, 3.8) is 0 Å². The molecule has 45 heavy (non-hydrogen) atoms. The van der Waals surface area contributed by atoms with E-state index < -0.39 is 20.8 Å². The van der Waals surface area contributed by atoms with Crippen LogP contribution in [0.1, 0.15) is 129 Å². The van der Waals surface area contributed by atoms with E-state index in [1.54, 1.807) is 11.8 Å². The van der Waals surface area contributed by atoms with Crippen LogP contribution in [0.15, 0.2) is 35.9 Å². The third-order valence-electron chi connectivity index (χ3n) is 7.64. The molecule has 0 radical (unpaired) electrons. The van der Waals surface area contributed by atoms with Gasteiger partial charge < -0.3 is 29.1 Å². The number of amides is 1. The molecule has 0 saturated carbocycles.